The van der Waals surface area contributed by atoms with Crippen molar-refractivity contribution in [3.63, 3.8) is 0 Å². The Bertz CT molecular complexity index is 918. The molecule has 1 unspecified atom stereocenters. The topological polar surface area (TPSA) is 84.0 Å². The SMILES string of the molecule is CCC(C)Oc1cc(C)ccc1CNC(=NC)NCc1ccc(OC)c(NC(C)=O)c1.I. The van der Waals surface area contributed by atoms with Crippen molar-refractivity contribution in [2.45, 2.75) is 53.3 Å². The lowest BCUT2D eigenvalue weighted by Crippen LogP contribution is -2.36. The average Bonchev–Trinajstić information content (AvgIpc) is 2.74. The number of carbonyl (C=O) groups is 1. The third-order valence-electron chi connectivity index (χ3n) is 4.83. The smallest absolute Gasteiger partial charge is 0.221 e. The Morgan fingerprint density at radius 1 is 1.09 bits per heavy atom. The molecule has 1 atom stereocenters. The normalized spacial score (nSPS) is 11.8. The van der Waals surface area contributed by atoms with Gasteiger partial charge < -0.3 is 25.4 Å². The molecule has 0 fully saturated rings. The second kappa shape index (κ2) is 13.8. The first-order chi connectivity index (χ1) is 14.9. The van der Waals surface area contributed by atoms with Crippen LogP contribution in [0.1, 0.15) is 43.9 Å². The molecule has 1 amide bonds. The number of ether oxygens (including phenoxy) is 2. The summed E-state index contributed by atoms with van der Waals surface area (Å²) in [5.74, 6) is 2.04. The quantitative estimate of drug-likeness (QED) is 0.239. The van der Waals surface area contributed by atoms with Crippen molar-refractivity contribution in [1.82, 2.24) is 10.6 Å². The Balaban J connectivity index is 0.00000512. The van der Waals surface area contributed by atoms with Gasteiger partial charge in [-0.1, -0.05) is 25.1 Å². The van der Waals surface area contributed by atoms with Crippen LogP contribution < -0.4 is 25.4 Å². The van der Waals surface area contributed by atoms with Gasteiger partial charge in [0.05, 0.1) is 18.9 Å². The molecule has 0 saturated carbocycles. The molecule has 176 valence electrons. The number of aryl methyl sites for hydroxylation is 1. The van der Waals surface area contributed by atoms with Crippen LogP contribution in [0, 0.1) is 6.92 Å². The molecule has 0 aliphatic heterocycles. The highest BCUT2D eigenvalue weighted by Crippen LogP contribution is 2.25. The molecule has 2 rings (SSSR count). The number of hydrogen-bond acceptors (Lipinski definition) is 4. The van der Waals surface area contributed by atoms with Crippen LogP contribution in [0.5, 0.6) is 11.5 Å². The lowest BCUT2D eigenvalue weighted by molar-refractivity contribution is -0.114. The molecule has 0 aliphatic carbocycles. The number of halogens is 1. The Labute approximate surface area is 208 Å². The highest BCUT2D eigenvalue weighted by molar-refractivity contribution is 14.0. The van der Waals surface area contributed by atoms with Gasteiger partial charge in [0.1, 0.15) is 11.5 Å². The molecule has 2 aromatic carbocycles. The number of carbonyl (C=O) groups excluding carboxylic acids is 1. The van der Waals surface area contributed by atoms with Gasteiger partial charge >= 0.3 is 0 Å². The maximum atomic E-state index is 11.4. The molecule has 0 aromatic heterocycles. The first-order valence-electron chi connectivity index (χ1n) is 10.5. The third-order valence-corrected chi connectivity index (χ3v) is 4.83. The van der Waals surface area contributed by atoms with Crippen LogP contribution in [-0.2, 0) is 17.9 Å². The molecular formula is C24H35IN4O3. The van der Waals surface area contributed by atoms with E-state index in [0.717, 1.165) is 23.3 Å². The summed E-state index contributed by atoms with van der Waals surface area (Å²) in [5, 5.41) is 9.43. The fourth-order valence-corrected chi connectivity index (χ4v) is 2.96. The Hall–Kier alpha value is -2.49. The predicted octanol–water partition coefficient (Wildman–Crippen LogP) is 4.62. The molecule has 0 radical (unpaired) electrons. The van der Waals surface area contributed by atoms with Crippen LogP contribution in [0.15, 0.2) is 41.4 Å². The minimum Gasteiger partial charge on any atom is -0.495 e. The lowest BCUT2D eigenvalue weighted by Gasteiger charge is -2.18. The maximum absolute atomic E-state index is 11.4. The number of rotatable bonds is 9. The molecule has 0 spiro atoms. The van der Waals surface area contributed by atoms with Crippen molar-refractivity contribution in [2.75, 3.05) is 19.5 Å². The standard InChI is InChI=1S/C24H34N4O3.HI/c1-7-17(3)31-23-12-16(2)8-10-20(23)15-27-24(25-5)26-14-19-9-11-22(30-6)21(13-19)28-18(4)29;/h8-13,17H,7,14-15H2,1-6H3,(H,28,29)(H2,25,26,27);1H. The second-order valence-electron chi connectivity index (χ2n) is 7.44. The number of aliphatic imine (C=N–C) groups is 1. The van der Waals surface area contributed by atoms with Crippen LogP contribution in [0.3, 0.4) is 0 Å². The molecule has 7 nitrogen and oxygen atoms in total. The van der Waals surface area contributed by atoms with E-state index in [0.29, 0.717) is 30.5 Å². The molecule has 8 heteroatoms. The summed E-state index contributed by atoms with van der Waals surface area (Å²) >= 11 is 0. The van der Waals surface area contributed by atoms with Crippen LogP contribution in [0.4, 0.5) is 5.69 Å². The summed E-state index contributed by atoms with van der Waals surface area (Å²) in [4.78, 5) is 15.7. The summed E-state index contributed by atoms with van der Waals surface area (Å²) < 4.78 is 11.4. The largest absolute Gasteiger partial charge is 0.495 e. The van der Waals surface area contributed by atoms with E-state index < -0.39 is 0 Å². The minimum absolute atomic E-state index is 0. The van der Waals surface area contributed by atoms with Gasteiger partial charge in [0.2, 0.25) is 5.91 Å². The van der Waals surface area contributed by atoms with E-state index in [-0.39, 0.29) is 36.0 Å². The first kappa shape index (κ1) is 27.5. The highest BCUT2D eigenvalue weighted by atomic mass is 127. The van der Waals surface area contributed by atoms with E-state index in [1.54, 1.807) is 14.2 Å². The van der Waals surface area contributed by atoms with E-state index in [1.165, 1.54) is 12.5 Å². The highest BCUT2D eigenvalue weighted by Gasteiger charge is 2.10. The van der Waals surface area contributed by atoms with Crippen LogP contribution in [0.25, 0.3) is 0 Å². The number of methoxy groups -OCH3 is 1. The molecule has 0 aliphatic rings. The molecule has 2 aromatic rings. The predicted molar refractivity (Wildman–Crippen MR) is 141 cm³/mol. The van der Waals surface area contributed by atoms with Gasteiger partial charge in [0.15, 0.2) is 5.96 Å². The van der Waals surface area contributed by atoms with E-state index in [9.17, 15) is 4.79 Å². The number of nitrogens with one attached hydrogen (secondary N) is 3. The molecule has 0 heterocycles. The summed E-state index contributed by atoms with van der Waals surface area (Å²) in [5.41, 5.74) is 3.87. The summed E-state index contributed by atoms with van der Waals surface area (Å²) in [6.07, 6.45) is 1.11. The van der Waals surface area contributed by atoms with E-state index >= 15 is 0 Å². The van der Waals surface area contributed by atoms with Gasteiger partial charge in [-0.25, -0.2) is 0 Å². The second-order valence-corrected chi connectivity index (χ2v) is 7.44. The van der Waals surface area contributed by atoms with Crippen molar-refractivity contribution < 1.29 is 14.3 Å². The summed E-state index contributed by atoms with van der Waals surface area (Å²) in [6, 6.07) is 11.9. The minimum atomic E-state index is -0.144. The van der Waals surface area contributed by atoms with Gasteiger partial charge in [-0.15, -0.1) is 24.0 Å². The van der Waals surface area contributed by atoms with E-state index in [1.807, 2.05) is 18.2 Å². The number of hydrogen-bond donors (Lipinski definition) is 3. The van der Waals surface area contributed by atoms with Gasteiger partial charge in [-0.3, -0.25) is 9.79 Å². The zero-order valence-corrected chi connectivity index (χ0v) is 22.1. The zero-order chi connectivity index (χ0) is 22.8. The lowest BCUT2D eigenvalue weighted by atomic mass is 10.1. The maximum Gasteiger partial charge on any atom is 0.221 e. The molecule has 32 heavy (non-hydrogen) atoms. The van der Waals surface area contributed by atoms with Crippen molar-refractivity contribution in [1.29, 1.82) is 0 Å². The molecular weight excluding hydrogens is 519 g/mol. The molecule has 0 bridgehead atoms. The van der Waals surface area contributed by atoms with Crippen LogP contribution >= 0.6 is 24.0 Å². The van der Waals surface area contributed by atoms with Crippen LogP contribution in [0.2, 0.25) is 0 Å². The van der Waals surface area contributed by atoms with Crippen molar-refractivity contribution in [3.8, 4) is 11.5 Å². The van der Waals surface area contributed by atoms with Crippen molar-refractivity contribution in [2.24, 2.45) is 4.99 Å². The summed E-state index contributed by atoms with van der Waals surface area (Å²) in [7, 11) is 3.31. The molecule has 0 saturated heterocycles. The fourth-order valence-electron chi connectivity index (χ4n) is 2.96. The van der Waals surface area contributed by atoms with E-state index in [4.69, 9.17) is 9.47 Å². The summed E-state index contributed by atoms with van der Waals surface area (Å²) in [6.45, 7) is 8.85. The van der Waals surface area contributed by atoms with E-state index in [2.05, 4.69) is 59.9 Å². The monoisotopic (exact) mass is 554 g/mol. The Morgan fingerprint density at radius 3 is 2.44 bits per heavy atom. The number of benzene rings is 2. The first-order valence-corrected chi connectivity index (χ1v) is 10.5. The molecule has 3 N–H and O–H groups in total. The Morgan fingerprint density at radius 2 is 1.81 bits per heavy atom. The fraction of sp³-hybridized carbons (Fsp3) is 0.417. The third kappa shape index (κ3) is 8.57. The number of nitrogens with zero attached hydrogens (tertiary/aromatic N) is 1. The van der Waals surface area contributed by atoms with Crippen molar-refractivity contribution >= 4 is 41.5 Å². The van der Waals surface area contributed by atoms with Crippen LogP contribution in [-0.4, -0.2) is 32.1 Å². The Kier molecular flexibility index (Phi) is 11.9. The van der Waals surface area contributed by atoms with Gasteiger partial charge in [0.25, 0.3) is 0 Å². The number of anilines is 1. The van der Waals surface area contributed by atoms with Gasteiger partial charge in [-0.05, 0) is 49.6 Å². The average molecular weight is 554 g/mol. The van der Waals surface area contributed by atoms with Gasteiger partial charge in [-0.2, -0.15) is 0 Å². The number of guanidine groups is 1. The zero-order valence-electron chi connectivity index (χ0n) is 19.7. The van der Waals surface area contributed by atoms with Crippen molar-refractivity contribution in [3.05, 3.63) is 53.1 Å². The number of amides is 1. The van der Waals surface area contributed by atoms with Gasteiger partial charge in [0, 0.05) is 32.6 Å².